The Morgan fingerprint density at radius 2 is 1.72 bits per heavy atom. The van der Waals surface area contributed by atoms with Crippen molar-refractivity contribution >= 4 is 23.1 Å². The third-order valence-electron chi connectivity index (χ3n) is 3.48. The summed E-state index contributed by atoms with van der Waals surface area (Å²) >= 11 is 6.20. The summed E-state index contributed by atoms with van der Waals surface area (Å²) in [5.41, 5.74) is 1.71. The van der Waals surface area contributed by atoms with Crippen LogP contribution in [0.2, 0.25) is 5.02 Å². The summed E-state index contributed by atoms with van der Waals surface area (Å²) in [6, 6.07) is 14.1. The molecule has 7 heteroatoms. The molecule has 0 saturated carbocycles. The normalized spacial score (nSPS) is 14.2. The van der Waals surface area contributed by atoms with Crippen LogP contribution in [0.4, 0.5) is 18.9 Å². The largest absolute Gasteiger partial charge is 0.451 e. The fourth-order valence-corrected chi connectivity index (χ4v) is 2.67. The molecule has 0 aliphatic carbocycles. The molecule has 128 valence electrons. The highest BCUT2D eigenvalue weighted by Crippen LogP contribution is 2.33. The van der Waals surface area contributed by atoms with Gasteiger partial charge in [-0.3, -0.25) is 9.91 Å². The van der Waals surface area contributed by atoms with E-state index in [2.05, 4.69) is 16.9 Å². The topological polar surface area (TPSA) is 18.8 Å². The molecule has 0 radical (unpaired) electrons. The Morgan fingerprint density at radius 1 is 1.04 bits per heavy atom. The van der Waals surface area contributed by atoms with Gasteiger partial charge in [0.2, 0.25) is 5.84 Å². The average Bonchev–Trinajstić information content (AvgIpc) is 2.96. The molecule has 0 fully saturated rings. The van der Waals surface area contributed by atoms with E-state index in [4.69, 9.17) is 11.6 Å². The number of benzene rings is 2. The van der Waals surface area contributed by atoms with Gasteiger partial charge in [-0.05, 0) is 30.3 Å². The molecule has 0 unspecified atom stereocenters. The summed E-state index contributed by atoms with van der Waals surface area (Å²) in [4.78, 5) is 1.04. The van der Waals surface area contributed by atoms with Crippen molar-refractivity contribution in [1.29, 1.82) is 0 Å². The second-order valence-corrected chi connectivity index (χ2v) is 5.84. The molecule has 25 heavy (non-hydrogen) atoms. The summed E-state index contributed by atoms with van der Waals surface area (Å²) in [5, 5.41) is 4.92. The van der Waals surface area contributed by atoms with Crippen LogP contribution in [0.15, 0.2) is 53.6 Å². The third-order valence-corrected chi connectivity index (χ3v) is 3.79. The van der Waals surface area contributed by atoms with Crippen molar-refractivity contribution in [2.45, 2.75) is 6.18 Å². The minimum atomic E-state index is -4.56. The number of amidine groups is 1. The lowest BCUT2D eigenvalue weighted by atomic mass is 10.1. The molecule has 0 amide bonds. The van der Waals surface area contributed by atoms with E-state index in [-0.39, 0.29) is 17.4 Å². The Labute approximate surface area is 148 Å². The maximum Gasteiger partial charge on any atom is 0.451 e. The Morgan fingerprint density at radius 3 is 2.36 bits per heavy atom. The summed E-state index contributed by atoms with van der Waals surface area (Å²) in [5.74, 6) is 4.95. The average molecular weight is 364 g/mol. The van der Waals surface area contributed by atoms with Crippen LogP contribution >= 0.6 is 11.6 Å². The molecule has 3 rings (SSSR count). The predicted octanol–water partition coefficient (Wildman–Crippen LogP) is 4.32. The molecule has 0 spiro atoms. The number of hydrazone groups is 1. The van der Waals surface area contributed by atoms with Gasteiger partial charge >= 0.3 is 6.18 Å². The van der Waals surface area contributed by atoms with Crippen LogP contribution in [0.3, 0.4) is 0 Å². The first kappa shape index (κ1) is 17.2. The lowest BCUT2D eigenvalue weighted by Gasteiger charge is -2.22. The Kier molecular flexibility index (Phi) is 4.60. The standard InChI is InChI=1S/C18H13ClF3N3/c1-24-12-25(17(23-24)18(20,21)22)16-10-9-14(11-15(16)19)8-7-13-5-3-2-4-6-13/h2-6,9-11H,12H2,1H3. The fourth-order valence-electron chi connectivity index (χ4n) is 2.39. The maximum absolute atomic E-state index is 13.1. The van der Waals surface area contributed by atoms with Gasteiger partial charge < -0.3 is 0 Å². The van der Waals surface area contributed by atoms with Gasteiger partial charge in [0, 0.05) is 18.2 Å². The van der Waals surface area contributed by atoms with Crippen LogP contribution in [0.25, 0.3) is 0 Å². The molecule has 0 bridgehead atoms. The van der Waals surface area contributed by atoms with Crippen molar-refractivity contribution in [2.75, 3.05) is 18.6 Å². The zero-order valence-electron chi connectivity index (χ0n) is 13.2. The Hall–Kier alpha value is -2.65. The van der Waals surface area contributed by atoms with Crippen molar-refractivity contribution in [3.05, 3.63) is 64.7 Å². The van der Waals surface area contributed by atoms with E-state index >= 15 is 0 Å². The van der Waals surface area contributed by atoms with E-state index in [9.17, 15) is 13.2 Å². The second kappa shape index (κ2) is 6.69. The fraction of sp³-hybridized carbons (Fsp3) is 0.167. The number of hydrogen-bond donors (Lipinski definition) is 0. The molecule has 1 heterocycles. The van der Waals surface area contributed by atoms with Crippen LogP contribution in [0.5, 0.6) is 0 Å². The number of hydrogen-bond acceptors (Lipinski definition) is 3. The third kappa shape index (κ3) is 3.89. The summed E-state index contributed by atoms with van der Waals surface area (Å²) in [6.45, 7) is -0.0242. The van der Waals surface area contributed by atoms with Gasteiger partial charge in [0.25, 0.3) is 0 Å². The van der Waals surface area contributed by atoms with E-state index in [0.717, 1.165) is 10.5 Å². The van der Waals surface area contributed by atoms with Crippen LogP contribution in [-0.2, 0) is 0 Å². The van der Waals surface area contributed by atoms with Crippen LogP contribution in [0.1, 0.15) is 11.1 Å². The van der Waals surface area contributed by atoms with Crippen molar-refractivity contribution in [1.82, 2.24) is 5.01 Å². The SMILES string of the molecule is CN1CN(c2ccc(C#Cc3ccccc3)cc2Cl)C(C(F)(F)F)=N1. The van der Waals surface area contributed by atoms with Crippen LogP contribution in [-0.4, -0.2) is 30.7 Å². The molecule has 2 aromatic carbocycles. The van der Waals surface area contributed by atoms with Gasteiger partial charge in [0.15, 0.2) is 0 Å². The van der Waals surface area contributed by atoms with E-state index in [1.165, 1.54) is 18.1 Å². The monoisotopic (exact) mass is 363 g/mol. The van der Waals surface area contributed by atoms with Gasteiger partial charge in [-0.2, -0.15) is 18.3 Å². The summed E-state index contributed by atoms with van der Waals surface area (Å²) in [6.07, 6.45) is -4.56. The molecule has 1 aliphatic rings. The molecule has 0 N–H and O–H groups in total. The molecule has 0 atom stereocenters. The van der Waals surface area contributed by atoms with E-state index in [1.54, 1.807) is 12.1 Å². The minimum Gasteiger partial charge on any atom is -0.300 e. The zero-order chi connectivity index (χ0) is 18.0. The Bertz CT molecular complexity index is 867. The lowest BCUT2D eigenvalue weighted by Crippen LogP contribution is -2.39. The Balaban J connectivity index is 1.88. The zero-order valence-corrected chi connectivity index (χ0v) is 13.9. The van der Waals surface area contributed by atoms with Crippen molar-refractivity contribution in [2.24, 2.45) is 5.10 Å². The molecular formula is C18H13ClF3N3. The summed E-state index contributed by atoms with van der Waals surface area (Å²) in [7, 11) is 1.47. The van der Waals surface area contributed by atoms with Gasteiger partial charge in [-0.1, -0.05) is 41.6 Å². The highest BCUT2D eigenvalue weighted by atomic mass is 35.5. The van der Waals surface area contributed by atoms with Gasteiger partial charge in [0.1, 0.15) is 6.67 Å². The highest BCUT2D eigenvalue weighted by molar-refractivity contribution is 6.34. The van der Waals surface area contributed by atoms with Gasteiger partial charge in [-0.15, -0.1) is 0 Å². The first-order chi connectivity index (χ1) is 11.8. The molecule has 3 nitrogen and oxygen atoms in total. The molecule has 2 aromatic rings. The summed E-state index contributed by atoms with van der Waals surface area (Å²) < 4.78 is 39.4. The number of anilines is 1. The van der Waals surface area contributed by atoms with Crippen molar-refractivity contribution in [3.8, 4) is 11.8 Å². The molecule has 0 aromatic heterocycles. The van der Waals surface area contributed by atoms with Crippen LogP contribution in [0, 0.1) is 11.8 Å². The molecule has 1 aliphatic heterocycles. The second-order valence-electron chi connectivity index (χ2n) is 5.43. The maximum atomic E-state index is 13.1. The predicted molar refractivity (Wildman–Crippen MR) is 92.5 cm³/mol. The smallest absolute Gasteiger partial charge is 0.300 e. The lowest BCUT2D eigenvalue weighted by molar-refractivity contribution is -0.0599. The van der Waals surface area contributed by atoms with Gasteiger partial charge in [0.05, 0.1) is 10.7 Å². The van der Waals surface area contributed by atoms with E-state index in [1.807, 2.05) is 30.3 Å². The number of alkyl halides is 3. The van der Waals surface area contributed by atoms with E-state index < -0.39 is 12.0 Å². The van der Waals surface area contributed by atoms with E-state index in [0.29, 0.717) is 5.56 Å². The number of rotatable bonds is 1. The minimum absolute atomic E-state index is 0.0242. The first-order valence-electron chi connectivity index (χ1n) is 7.36. The molecule has 0 saturated heterocycles. The number of nitrogens with zero attached hydrogens (tertiary/aromatic N) is 3. The first-order valence-corrected chi connectivity index (χ1v) is 7.73. The molecular weight excluding hydrogens is 351 g/mol. The quantitative estimate of drug-likeness (QED) is 0.702. The van der Waals surface area contributed by atoms with Crippen LogP contribution < -0.4 is 4.90 Å². The van der Waals surface area contributed by atoms with Gasteiger partial charge in [-0.25, -0.2) is 0 Å². The van der Waals surface area contributed by atoms with Crippen molar-refractivity contribution in [3.63, 3.8) is 0 Å². The number of halogens is 4. The van der Waals surface area contributed by atoms with Crippen molar-refractivity contribution < 1.29 is 13.2 Å². The highest BCUT2D eigenvalue weighted by Gasteiger charge is 2.44.